The second-order valence-electron chi connectivity index (χ2n) is 4.66. The Balaban J connectivity index is 1.73. The van der Waals surface area contributed by atoms with E-state index < -0.39 is 0 Å². The van der Waals surface area contributed by atoms with Crippen molar-refractivity contribution in [2.45, 2.75) is 24.3 Å². The zero-order chi connectivity index (χ0) is 10.1. The van der Waals surface area contributed by atoms with E-state index in [9.17, 15) is 0 Å². The van der Waals surface area contributed by atoms with Crippen LogP contribution in [0.2, 0.25) is 0 Å². The Morgan fingerprint density at radius 1 is 1.33 bits per heavy atom. The van der Waals surface area contributed by atoms with E-state index in [1.54, 1.807) is 0 Å². The van der Waals surface area contributed by atoms with E-state index in [0.29, 0.717) is 0 Å². The van der Waals surface area contributed by atoms with Crippen LogP contribution >= 0.6 is 0 Å². The summed E-state index contributed by atoms with van der Waals surface area (Å²) in [6.07, 6.45) is 6.42. The van der Waals surface area contributed by atoms with Gasteiger partial charge in [-0.15, -0.1) is 0 Å². The van der Waals surface area contributed by atoms with Crippen LogP contribution in [0.1, 0.15) is 18.4 Å². The highest BCUT2D eigenvalue weighted by Crippen LogP contribution is 2.32. The third kappa shape index (κ3) is 1.77. The first-order chi connectivity index (χ1) is 7.39. The number of ether oxygens (including phenoxy) is 1. The summed E-state index contributed by atoms with van der Waals surface area (Å²) in [4.78, 5) is 4.06. The van der Waals surface area contributed by atoms with Crippen LogP contribution in [0, 0.1) is 0 Å². The predicted octanol–water partition coefficient (Wildman–Crippen LogP) is 1.10. The lowest BCUT2D eigenvalue weighted by atomic mass is 9.79. The van der Waals surface area contributed by atoms with Gasteiger partial charge in [-0.3, -0.25) is 4.98 Å². The topological polar surface area (TPSA) is 34.1 Å². The highest BCUT2D eigenvalue weighted by Gasteiger charge is 2.41. The minimum absolute atomic E-state index is 0.214. The monoisotopic (exact) mass is 204 g/mol. The molecule has 2 aliphatic rings. The quantitative estimate of drug-likeness (QED) is 0.797. The molecule has 80 valence electrons. The van der Waals surface area contributed by atoms with Gasteiger partial charge in [-0.2, -0.15) is 0 Å². The number of aromatic nitrogens is 1. The predicted molar refractivity (Wildman–Crippen MR) is 57.8 cm³/mol. The Kier molecular flexibility index (Phi) is 2.22. The van der Waals surface area contributed by atoms with Crippen LogP contribution < -0.4 is 5.32 Å². The first-order valence-corrected chi connectivity index (χ1v) is 5.61. The van der Waals surface area contributed by atoms with Crippen molar-refractivity contribution in [1.29, 1.82) is 0 Å². The van der Waals surface area contributed by atoms with Crippen LogP contribution in [-0.2, 0) is 10.2 Å². The average Bonchev–Trinajstić information content (AvgIpc) is 3.02. The molecular formula is C12H16N2O. The van der Waals surface area contributed by atoms with Gasteiger partial charge in [0, 0.05) is 25.0 Å². The van der Waals surface area contributed by atoms with Crippen LogP contribution in [0.3, 0.4) is 0 Å². The molecule has 1 aliphatic carbocycles. The summed E-state index contributed by atoms with van der Waals surface area (Å²) in [7, 11) is 0. The van der Waals surface area contributed by atoms with Gasteiger partial charge in [0.1, 0.15) is 0 Å². The van der Waals surface area contributed by atoms with Crippen molar-refractivity contribution < 1.29 is 4.74 Å². The van der Waals surface area contributed by atoms with E-state index in [0.717, 1.165) is 25.8 Å². The Bertz CT molecular complexity index is 331. The highest BCUT2D eigenvalue weighted by molar-refractivity contribution is 5.26. The van der Waals surface area contributed by atoms with Crippen LogP contribution in [-0.4, -0.2) is 30.8 Å². The van der Waals surface area contributed by atoms with Crippen molar-refractivity contribution in [3.05, 3.63) is 30.1 Å². The summed E-state index contributed by atoms with van der Waals surface area (Å²) < 4.78 is 5.38. The fourth-order valence-corrected chi connectivity index (χ4v) is 2.05. The van der Waals surface area contributed by atoms with Crippen molar-refractivity contribution in [1.82, 2.24) is 10.3 Å². The third-order valence-electron chi connectivity index (χ3n) is 3.36. The van der Waals surface area contributed by atoms with E-state index in [2.05, 4.69) is 22.4 Å². The molecule has 0 spiro atoms. The van der Waals surface area contributed by atoms with Crippen LogP contribution in [0.4, 0.5) is 0 Å². The van der Waals surface area contributed by atoms with Crippen molar-refractivity contribution in [2.75, 3.05) is 19.8 Å². The molecule has 0 bridgehead atoms. The second kappa shape index (κ2) is 3.58. The largest absolute Gasteiger partial charge is 0.379 e. The standard InChI is InChI=1S/C12H16N2O/c1-2-11(1)14-7-12(8-15-9-12)10-3-5-13-6-4-10/h3-6,11,14H,1-2,7-9H2. The van der Waals surface area contributed by atoms with E-state index >= 15 is 0 Å². The molecule has 3 heteroatoms. The van der Waals surface area contributed by atoms with Gasteiger partial charge in [0.15, 0.2) is 0 Å². The Morgan fingerprint density at radius 3 is 2.60 bits per heavy atom. The van der Waals surface area contributed by atoms with Gasteiger partial charge in [0.25, 0.3) is 0 Å². The smallest absolute Gasteiger partial charge is 0.0598 e. The number of pyridine rings is 1. The van der Waals surface area contributed by atoms with Gasteiger partial charge < -0.3 is 10.1 Å². The normalized spacial score (nSPS) is 23.5. The summed E-state index contributed by atoms with van der Waals surface area (Å²) in [6, 6.07) is 4.98. The van der Waals surface area contributed by atoms with E-state index in [1.807, 2.05) is 12.4 Å². The van der Waals surface area contributed by atoms with E-state index in [1.165, 1.54) is 18.4 Å². The lowest BCUT2D eigenvalue weighted by Crippen LogP contribution is -2.53. The molecule has 0 amide bonds. The van der Waals surface area contributed by atoms with Crippen molar-refractivity contribution in [2.24, 2.45) is 0 Å². The average molecular weight is 204 g/mol. The van der Waals surface area contributed by atoms with Gasteiger partial charge in [-0.25, -0.2) is 0 Å². The minimum Gasteiger partial charge on any atom is -0.379 e. The number of hydrogen-bond acceptors (Lipinski definition) is 3. The maximum Gasteiger partial charge on any atom is 0.0598 e. The number of nitrogens with zero attached hydrogens (tertiary/aromatic N) is 1. The summed E-state index contributed by atoms with van der Waals surface area (Å²) >= 11 is 0. The molecule has 1 aromatic rings. The van der Waals surface area contributed by atoms with Gasteiger partial charge in [0.2, 0.25) is 0 Å². The zero-order valence-electron chi connectivity index (χ0n) is 8.78. The molecule has 1 aliphatic heterocycles. The molecule has 0 aromatic carbocycles. The molecule has 1 aromatic heterocycles. The van der Waals surface area contributed by atoms with E-state index in [-0.39, 0.29) is 5.41 Å². The molecule has 1 saturated carbocycles. The van der Waals surface area contributed by atoms with Crippen molar-refractivity contribution >= 4 is 0 Å². The molecule has 3 nitrogen and oxygen atoms in total. The molecule has 0 atom stereocenters. The Hall–Kier alpha value is -0.930. The molecule has 1 N–H and O–H groups in total. The van der Waals surface area contributed by atoms with Crippen molar-refractivity contribution in [3.8, 4) is 0 Å². The summed E-state index contributed by atoms with van der Waals surface area (Å²) in [6.45, 7) is 2.73. The summed E-state index contributed by atoms with van der Waals surface area (Å²) in [5.74, 6) is 0. The Labute approximate surface area is 89.9 Å². The molecule has 0 radical (unpaired) electrons. The van der Waals surface area contributed by atoms with Crippen LogP contribution in [0.15, 0.2) is 24.5 Å². The highest BCUT2D eigenvalue weighted by atomic mass is 16.5. The van der Waals surface area contributed by atoms with Crippen molar-refractivity contribution in [3.63, 3.8) is 0 Å². The Morgan fingerprint density at radius 2 is 2.07 bits per heavy atom. The third-order valence-corrected chi connectivity index (χ3v) is 3.36. The molecular weight excluding hydrogens is 188 g/mol. The number of hydrogen-bond donors (Lipinski definition) is 1. The van der Waals surface area contributed by atoms with Gasteiger partial charge in [0.05, 0.1) is 18.6 Å². The maximum atomic E-state index is 5.38. The molecule has 1 saturated heterocycles. The summed E-state index contributed by atoms with van der Waals surface area (Å²) in [5.41, 5.74) is 1.57. The van der Waals surface area contributed by atoms with E-state index in [4.69, 9.17) is 4.74 Å². The SMILES string of the molecule is c1cc(C2(CNC3CC3)COC2)ccn1. The minimum atomic E-state index is 0.214. The molecule has 0 unspecified atom stereocenters. The zero-order valence-corrected chi connectivity index (χ0v) is 8.78. The first-order valence-electron chi connectivity index (χ1n) is 5.61. The maximum absolute atomic E-state index is 5.38. The van der Waals surface area contributed by atoms with Gasteiger partial charge in [-0.1, -0.05) is 0 Å². The fourth-order valence-electron chi connectivity index (χ4n) is 2.05. The summed E-state index contributed by atoms with van der Waals surface area (Å²) in [5, 5.41) is 3.60. The number of rotatable bonds is 4. The first kappa shape index (κ1) is 9.31. The van der Waals surface area contributed by atoms with Crippen LogP contribution in [0.25, 0.3) is 0 Å². The second-order valence-corrected chi connectivity index (χ2v) is 4.66. The number of nitrogens with one attached hydrogen (secondary N) is 1. The van der Waals surface area contributed by atoms with Gasteiger partial charge >= 0.3 is 0 Å². The lowest BCUT2D eigenvalue weighted by molar-refractivity contribution is -0.0592. The fraction of sp³-hybridized carbons (Fsp3) is 0.583. The van der Waals surface area contributed by atoms with Gasteiger partial charge in [-0.05, 0) is 30.5 Å². The molecule has 15 heavy (non-hydrogen) atoms. The lowest BCUT2D eigenvalue weighted by Gasteiger charge is -2.42. The molecule has 3 rings (SSSR count). The van der Waals surface area contributed by atoms with Crippen LogP contribution in [0.5, 0.6) is 0 Å². The molecule has 2 fully saturated rings. The molecule has 2 heterocycles.